The molecule has 0 bridgehead atoms. The highest BCUT2D eigenvalue weighted by Gasteiger charge is 1.98. The van der Waals surface area contributed by atoms with E-state index in [1.54, 1.807) is 11.8 Å². The molecule has 1 heterocycles. The maximum Gasteiger partial charge on any atom is 0.0986 e. The Labute approximate surface area is 77.8 Å². The molecule has 3 heteroatoms. The first-order chi connectivity index (χ1) is 5.77. The second kappa shape index (κ2) is 4.48. The highest BCUT2D eigenvalue weighted by atomic mass is 32.2. The zero-order valence-corrected chi connectivity index (χ0v) is 8.53. The Morgan fingerprint density at radius 2 is 2.33 bits per heavy atom. The van der Waals surface area contributed by atoms with Gasteiger partial charge >= 0.3 is 0 Å². The summed E-state index contributed by atoms with van der Waals surface area (Å²) < 4.78 is 0. The van der Waals surface area contributed by atoms with Crippen LogP contribution in [0, 0.1) is 6.92 Å². The molecule has 0 unspecified atom stereocenters. The lowest BCUT2D eigenvalue weighted by atomic mass is 10.2. The molecule has 0 aromatic carbocycles. The molecular weight excluding hydrogens is 168 g/mol. The number of aryl methyl sites for hydroxylation is 1. The van der Waals surface area contributed by atoms with Gasteiger partial charge in [-0.15, -0.1) is 11.8 Å². The standard InChI is InChI=1S/C9H14N2S/c1-7-4-8(5-10-2)6-11-9(7)12-3/h4,6,10H,5H2,1-3H3. The topological polar surface area (TPSA) is 24.9 Å². The van der Waals surface area contributed by atoms with Crippen molar-refractivity contribution in [3.8, 4) is 0 Å². The Bertz CT molecular complexity index is 261. The fraction of sp³-hybridized carbons (Fsp3) is 0.444. The number of hydrogen-bond acceptors (Lipinski definition) is 3. The first kappa shape index (κ1) is 9.55. The first-order valence-electron chi connectivity index (χ1n) is 3.92. The first-order valence-corrected chi connectivity index (χ1v) is 5.14. The van der Waals surface area contributed by atoms with E-state index in [-0.39, 0.29) is 0 Å². The number of pyridine rings is 1. The van der Waals surface area contributed by atoms with Crippen LogP contribution in [0.1, 0.15) is 11.1 Å². The summed E-state index contributed by atoms with van der Waals surface area (Å²) in [7, 11) is 1.94. The van der Waals surface area contributed by atoms with Gasteiger partial charge in [-0.2, -0.15) is 0 Å². The molecule has 12 heavy (non-hydrogen) atoms. The zero-order chi connectivity index (χ0) is 8.97. The van der Waals surface area contributed by atoms with Crippen molar-refractivity contribution in [2.75, 3.05) is 13.3 Å². The van der Waals surface area contributed by atoms with Crippen molar-refractivity contribution < 1.29 is 0 Å². The summed E-state index contributed by atoms with van der Waals surface area (Å²) in [6.45, 7) is 2.99. The van der Waals surface area contributed by atoms with Crippen molar-refractivity contribution in [2.45, 2.75) is 18.5 Å². The number of nitrogens with zero attached hydrogens (tertiary/aromatic N) is 1. The van der Waals surface area contributed by atoms with Gasteiger partial charge in [0.1, 0.15) is 0 Å². The molecule has 0 saturated carbocycles. The van der Waals surface area contributed by atoms with Crippen molar-refractivity contribution in [2.24, 2.45) is 0 Å². The zero-order valence-electron chi connectivity index (χ0n) is 7.72. The Balaban J connectivity index is 2.86. The van der Waals surface area contributed by atoms with Gasteiger partial charge in [0.05, 0.1) is 5.03 Å². The van der Waals surface area contributed by atoms with Crippen LogP contribution < -0.4 is 5.32 Å². The lowest BCUT2D eigenvalue weighted by molar-refractivity contribution is 0.807. The predicted octanol–water partition coefficient (Wildman–Crippen LogP) is 1.83. The molecule has 0 aliphatic heterocycles. The van der Waals surface area contributed by atoms with Crippen LogP contribution in [0.15, 0.2) is 17.3 Å². The second-order valence-electron chi connectivity index (χ2n) is 2.70. The number of thioether (sulfide) groups is 1. The highest BCUT2D eigenvalue weighted by molar-refractivity contribution is 7.98. The normalized spacial score (nSPS) is 10.2. The SMILES string of the molecule is CNCc1cnc(SC)c(C)c1. The largest absolute Gasteiger partial charge is 0.316 e. The van der Waals surface area contributed by atoms with Gasteiger partial charge in [-0.05, 0) is 31.4 Å². The van der Waals surface area contributed by atoms with Gasteiger partial charge in [0.2, 0.25) is 0 Å². The molecule has 2 nitrogen and oxygen atoms in total. The number of rotatable bonds is 3. The van der Waals surface area contributed by atoms with Gasteiger partial charge in [-0.3, -0.25) is 0 Å². The third-order valence-corrected chi connectivity index (χ3v) is 2.48. The minimum absolute atomic E-state index is 0.891. The van der Waals surface area contributed by atoms with E-state index in [9.17, 15) is 0 Å². The monoisotopic (exact) mass is 182 g/mol. The van der Waals surface area contributed by atoms with E-state index in [1.807, 2.05) is 19.5 Å². The molecule has 1 aromatic rings. The van der Waals surface area contributed by atoms with E-state index in [1.165, 1.54) is 11.1 Å². The van der Waals surface area contributed by atoms with Crippen molar-refractivity contribution in [1.29, 1.82) is 0 Å². The lowest BCUT2D eigenvalue weighted by Gasteiger charge is -2.04. The van der Waals surface area contributed by atoms with Crippen LogP contribution in [0.2, 0.25) is 0 Å². The van der Waals surface area contributed by atoms with E-state index >= 15 is 0 Å². The van der Waals surface area contributed by atoms with Crippen molar-refractivity contribution >= 4 is 11.8 Å². The summed E-state index contributed by atoms with van der Waals surface area (Å²) >= 11 is 1.69. The third kappa shape index (κ3) is 2.22. The average Bonchev–Trinajstić information content (AvgIpc) is 2.05. The Kier molecular flexibility index (Phi) is 3.56. The van der Waals surface area contributed by atoms with Gasteiger partial charge in [0.25, 0.3) is 0 Å². The van der Waals surface area contributed by atoms with E-state index in [0.717, 1.165) is 11.6 Å². The predicted molar refractivity (Wildman–Crippen MR) is 53.5 cm³/mol. The van der Waals surface area contributed by atoms with Crippen LogP contribution in [-0.2, 0) is 6.54 Å². The summed E-state index contributed by atoms with van der Waals surface area (Å²) in [5.74, 6) is 0. The Morgan fingerprint density at radius 1 is 1.58 bits per heavy atom. The minimum atomic E-state index is 0.891. The quantitative estimate of drug-likeness (QED) is 0.722. The van der Waals surface area contributed by atoms with Crippen molar-refractivity contribution in [3.05, 3.63) is 23.4 Å². The molecule has 0 aliphatic carbocycles. The molecule has 0 radical (unpaired) electrons. The lowest BCUT2D eigenvalue weighted by Crippen LogP contribution is -2.05. The van der Waals surface area contributed by atoms with E-state index in [0.29, 0.717) is 0 Å². The summed E-state index contributed by atoms with van der Waals surface area (Å²) in [5.41, 5.74) is 2.50. The summed E-state index contributed by atoms with van der Waals surface area (Å²) in [5, 5.41) is 4.22. The molecule has 1 N–H and O–H groups in total. The van der Waals surface area contributed by atoms with Crippen LogP contribution in [-0.4, -0.2) is 18.3 Å². The third-order valence-electron chi connectivity index (χ3n) is 1.66. The van der Waals surface area contributed by atoms with Gasteiger partial charge < -0.3 is 5.32 Å². The second-order valence-corrected chi connectivity index (χ2v) is 3.50. The molecular formula is C9H14N2S. The Hall–Kier alpha value is -0.540. The van der Waals surface area contributed by atoms with Crippen LogP contribution in [0.3, 0.4) is 0 Å². The fourth-order valence-corrected chi connectivity index (χ4v) is 1.67. The van der Waals surface area contributed by atoms with Crippen LogP contribution >= 0.6 is 11.8 Å². The van der Waals surface area contributed by atoms with Gasteiger partial charge in [-0.25, -0.2) is 4.98 Å². The van der Waals surface area contributed by atoms with E-state index in [4.69, 9.17) is 0 Å². The van der Waals surface area contributed by atoms with Crippen LogP contribution in [0.5, 0.6) is 0 Å². The maximum atomic E-state index is 4.34. The van der Waals surface area contributed by atoms with Gasteiger partial charge in [0, 0.05) is 12.7 Å². The molecule has 66 valence electrons. The molecule has 0 aliphatic rings. The summed E-state index contributed by atoms with van der Waals surface area (Å²) in [6, 6.07) is 2.18. The van der Waals surface area contributed by atoms with E-state index < -0.39 is 0 Å². The number of aromatic nitrogens is 1. The maximum absolute atomic E-state index is 4.34. The number of nitrogens with one attached hydrogen (secondary N) is 1. The highest BCUT2D eigenvalue weighted by Crippen LogP contribution is 2.16. The molecule has 0 saturated heterocycles. The molecule has 0 amide bonds. The van der Waals surface area contributed by atoms with Gasteiger partial charge in [-0.1, -0.05) is 6.07 Å². The summed E-state index contributed by atoms with van der Waals surface area (Å²) in [4.78, 5) is 4.34. The van der Waals surface area contributed by atoms with E-state index in [2.05, 4.69) is 23.3 Å². The summed E-state index contributed by atoms with van der Waals surface area (Å²) in [6.07, 6.45) is 3.97. The average molecular weight is 182 g/mol. The molecule has 1 rings (SSSR count). The molecule has 0 atom stereocenters. The van der Waals surface area contributed by atoms with Crippen LogP contribution in [0.25, 0.3) is 0 Å². The molecule has 0 fully saturated rings. The van der Waals surface area contributed by atoms with Crippen molar-refractivity contribution in [1.82, 2.24) is 10.3 Å². The number of hydrogen-bond donors (Lipinski definition) is 1. The van der Waals surface area contributed by atoms with Crippen LogP contribution in [0.4, 0.5) is 0 Å². The van der Waals surface area contributed by atoms with Gasteiger partial charge in [0.15, 0.2) is 0 Å². The fourth-order valence-electron chi connectivity index (χ4n) is 1.13. The minimum Gasteiger partial charge on any atom is -0.316 e. The smallest absolute Gasteiger partial charge is 0.0986 e. The molecule has 1 aromatic heterocycles. The van der Waals surface area contributed by atoms with Crippen molar-refractivity contribution in [3.63, 3.8) is 0 Å². The Morgan fingerprint density at radius 3 is 2.83 bits per heavy atom. The molecule has 0 spiro atoms.